The number of rotatable bonds is 2. The van der Waals surface area contributed by atoms with Crippen LogP contribution in [0.2, 0.25) is 0 Å². The molecule has 1 N–H and O–H groups in total. The van der Waals surface area contributed by atoms with Crippen molar-refractivity contribution in [2.45, 2.75) is 45.4 Å². The molecule has 0 aliphatic carbocycles. The topological polar surface area (TPSA) is 46.2 Å². The molecule has 2 amide bonds. The molecule has 2 atom stereocenters. The summed E-state index contributed by atoms with van der Waals surface area (Å²) < 4.78 is 0. The van der Waals surface area contributed by atoms with Crippen molar-refractivity contribution in [1.29, 1.82) is 0 Å². The zero-order valence-corrected chi connectivity index (χ0v) is 12.0. The summed E-state index contributed by atoms with van der Waals surface area (Å²) in [5, 5.41) is 2.38. The largest absolute Gasteiger partial charge is 0.296 e. The van der Waals surface area contributed by atoms with Crippen LogP contribution in [0, 0.1) is 5.92 Å². The van der Waals surface area contributed by atoms with Crippen LogP contribution in [0.5, 0.6) is 0 Å². The summed E-state index contributed by atoms with van der Waals surface area (Å²) in [6.45, 7) is 8.53. The molecule has 1 aliphatic rings. The molecule has 102 valence electrons. The average molecular weight is 259 g/mol. The third-order valence-electron chi connectivity index (χ3n) is 3.91. The number of benzene rings is 1. The average Bonchev–Trinajstić information content (AvgIpc) is 2.66. The summed E-state index contributed by atoms with van der Waals surface area (Å²) in [5.74, 6) is -0.459. The van der Waals surface area contributed by atoms with Gasteiger partial charge >= 0.3 is 0 Å². The van der Waals surface area contributed by atoms with E-state index < -0.39 is 0 Å². The van der Waals surface area contributed by atoms with Crippen molar-refractivity contribution in [2.24, 2.45) is 5.92 Å². The fourth-order valence-electron chi connectivity index (χ4n) is 2.50. The monoisotopic (exact) mass is 259 g/mol. The molecule has 19 heavy (non-hydrogen) atoms. The van der Waals surface area contributed by atoms with E-state index in [1.165, 1.54) is 5.56 Å². The highest BCUT2D eigenvalue weighted by Gasteiger charge is 2.35. The van der Waals surface area contributed by atoms with Crippen molar-refractivity contribution < 1.29 is 9.59 Å². The molecule has 0 saturated carbocycles. The minimum atomic E-state index is -0.229. The van der Waals surface area contributed by atoms with Gasteiger partial charge in [0.05, 0.1) is 5.92 Å². The van der Waals surface area contributed by atoms with Gasteiger partial charge in [0.2, 0.25) is 11.8 Å². The highest BCUT2D eigenvalue weighted by Crippen LogP contribution is 2.31. The number of carbonyl (C=O) groups is 2. The number of nitrogens with one attached hydrogen (secondary N) is 1. The van der Waals surface area contributed by atoms with E-state index in [1.54, 1.807) is 0 Å². The molecule has 2 rings (SSSR count). The molecule has 0 aromatic heterocycles. The summed E-state index contributed by atoms with van der Waals surface area (Å²) >= 11 is 0. The molecule has 1 aromatic rings. The van der Waals surface area contributed by atoms with Crippen molar-refractivity contribution in [1.82, 2.24) is 5.32 Å². The third-order valence-corrected chi connectivity index (χ3v) is 3.91. The molecule has 3 nitrogen and oxygen atoms in total. The Kier molecular flexibility index (Phi) is 3.48. The lowest BCUT2D eigenvalue weighted by atomic mass is 9.83. The van der Waals surface area contributed by atoms with Crippen molar-refractivity contribution >= 4 is 11.8 Å². The van der Waals surface area contributed by atoms with Crippen molar-refractivity contribution in [3.05, 3.63) is 35.4 Å². The maximum absolute atomic E-state index is 11.7. The van der Waals surface area contributed by atoms with Crippen LogP contribution in [0.3, 0.4) is 0 Å². The second kappa shape index (κ2) is 4.80. The summed E-state index contributed by atoms with van der Waals surface area (Å²) in [6, 6.07) is 8.36. The third kappa shape index (κ3) is 2.86. The van der Waals surface area contributed by atoms with Gasteiger partial charge in [-0.25, -0.2) is 0 Å². The van der Waals surface area contributed by atoms with E-state index in [-0.39, 0.29) is 29.1 Å². The first-order valence-corrected chi connectivity index (χ1v) is 6.73. The Labute approximate surface area is 114 Å². The Morgan fingerprint density at radius 3 is 2.16 bits per heavy atom. The van der Waals surface area contributed by atoms with Crippen molar-refractivity contribution in [3.8, 4) is 0 Å². The summed E-state index contributed by atoms with van der Waals surface area (Å²) in [6.07, 6.45) is 0.307. The molecular weight excluding hydrogens is 238 g/mol. The van der Waals surface area contributed by atoms with E-state index in [9.17, 15) is 9.59 Å². The molecule has 0 bridgehead atoms. The van der Waals surface area contributed by atoms with Gasteiger partial charge in [0, 0.05) is 6.42 Å². The van der Waals surface area contributed by atoms with Crippen LogP contribution in [0.1, 0.15) is 51.2 Å². The number of imide groups is 1. The Bertz CT molecular complexity index is 496. The Balaban J connectivity index is 2.18. The maximum Gasteiger partial charge on any atom is 0.230 e. The number of carbonyl (C=O) groups excluding carboxylic acids is 2. The maximum atomic E-state index is 11.7. The number of hydrogen-bond donors (Lipinski definition) is 1. The van der Waals surface area contributed by atoms with Gasteiger partial charge in [-0.1, -0.05) is 52.0 Å². The Hall–Kier alpha value is -1.64. The zero-order chi connectivity index (χ0) is 14.2. The van der Waals surface area contributed by atoms with E-state index in [4.69, 9.17) is 0 Å². The molecule has 1 saturated heterocycles. The fourth-order valence-corrected chi connectivity index (χ4v) is 2.50. The summed E-state index contributed by atoms with van der Waals surface area (Å²) in [7, 11) is 0. The Morgan fingerprint density at radius 1 is 1.16 bits per heavy atom. The van der Waals surface area contributed by atoms with Crippen LogP contribution < -0.4 is 5.32 Å². The molecule has 0 radical (unpaired) electrons. The van der Waals surface area contributed by atoms with Gasteiger partial charge in [0.15, 0.2) is 0 Å². The molecule has 1 aromatic carbocycles. The fraction of sp³-hybridized carbons (Fsp3) is 0.500. The summed E-state index contributed by atoms with van der Waals surface area (Å²) in [5.41, 5.74) is 2.51. The normalized spacial score (nSPS) is 21.4. The van der Waals surface area contributed by atoms with Gasteiger partial charge in [-0.15, -0.1) is 0 Å². The lowest BCUT2D eigenvalue weighted by Gasteiger charge is -2.21. The molecule has 3 heteroatoms. The first kappa shape index (κ1) is 13.8. The Morgan fingerprint density at radius 2 is 1.74 bits per heavy atom. The second-order valence-electron chi connectivity index (χ2n) is 6.38. The zero-order valence-electron chi connectivity index (χ0n) is 12.0. The van der Waals surface area contributed by atoms with E-state index in [2.05, 4.69) is 50.4 Å². The SMILES string of the molecule is CC(c1ccc(C(C)(C)C)cc1)C1CC(=O)NC1=O. The van der Waals surface area contributed by atoms with E-state index in [1.807, 2.05) is 6.92 Å². The van der Waals surface area contributed by atoms with E-state index in [0.29, 0.717) is 6.42 Å². The molecule has 1 aliphatic heterocycles. The lowest BCUT2D eigenvalue weighted by molar-refractivity contribution is -0.126. The van der Waals surface area contributed by atoms with Crippen LogP contribution in [0.15, 0.2) is 24.3 Å². The van der Waals surface area contributed by atoms with E-state index in [0.717, 1.165) is 5.56 Å². The van der Waals surface area contributed by atoms with Crippen molar-refractivity contribution in [2.75, 3.05) is 0 Å². The molecular formula is C16H21NO2. The van der Waals surface area contributed by atoms with Gasteiger partial charge in [0.1, 0.15) is 0 Å². The smallest absolute Gasteiger partial charge is 0.230 e. The van der Waals surface area contributed by atoms with Crippen LogP contribution in [-0.4, -0.2) is 11.8 Å². The highest BCUT2D eigenvalue weighted by atomic mass is 16.2. The van der Waals surface area contributed by atoms with Gasteiger partial charge in [-0.3, -0.25) is 14.9 Å². The van der Waals surface area contributed by atoms with Gasteiger partial charge in [-0.2, -0.15) is 0 Å². The molecule has 1 fully saturated rings. The van der Waals surface area contributed by atoms with E-state index >= 15 is 0 Å². The van der Waals surface area contributed by atoms with Gasteiger partial charge in [-0.05, 0) is 22.5 Å². The van der Waals surface area contributed by atoms with Crippen LogP contribution in [-0.2, 0) is 15.0 Å². The minimum absolute atomic E-state index is 0.0699. The van der Waals surface area contributed by atoms with Crippen molar-refractivity contribution in [3.63, 3.8) is 0 Å². The predicted octanol–water partition coefficient (Wildman–Crippen LogP) is 2.75. The first-order valence-electron chi connectivity index (χ1n) is 6.73. The molecule has 2 unspecified atom stereocenters. The quantitative estimate of drug-likeness (QED) is 0.830. The van der Waals surface area contributed by atoms with Crippen LogP contribution in [0.4, 0.5) is 0 Å². The highest BCUT2D eigenvalue weighted by molar-refractivity contribution is 6.03. The van der Waals surface area contributed by atoms with Gasteiger partial charge < -0.3 is 0 Å². The van der Waals surface area contributed by atoms with Crippen LogP contribution in [0.25, 0.3) is 0 Å². The second-order valence-corrected chi connectivity index (χ2v) is 6.38. The predicted molar refractivity (Wildman–Crippen MR) is 74.8 cm³/mol. The molecule has 0 spiro atoms. The number of hydrogen-bond acceptors (Lipinski definition) is 2. The first-order chi connectivity index (χ1) is 8.79. The standard InChI is InChI=1S/C16H21NO2/c1-10(13-9-14(18)17-15(13)19)11-5-7-12(8-6-11)16(2,3)4/h5-8,10,13H,9H2,1-4H3,(H,17,18,19). The minimum Gasteiger partial charge on any atom is -0.296 e. The molecule has 1 heterocycles. The number of amides is 2. The summed E-state index contributed by atoms with van der Waals surface area (Å²) in [4.78, 5) is 22.9. The lowest BCUT2D eigenvalue weighted by Crippen LogP contribution is -2.24. The van der Waals surface area contributed by atoms with Crippen LogP contribution >= 0.6 is 0 Å². The van der Waals surface area contributed by atoms with Gasteiger partial charge in [0.25, 0.3) is 0 Å².